The highest BCUT2D eigenvalue weighted by molar-refractivity contribution is 5.84. The quantitative estimate of drug-likeness (QED) is 0.643. The van der Waals surface area contributed by atoms with Gasteiger partial charge in [0, 0.05) is 20.0 Å². The van der Waals surface area contributed by atoms with Crippen LogP contribution in [0.25, 0.3) is 0 Å². The Balaban J connectivity index is 4.11. The number of hydrogen-bond acceptors (Lipinski definition) is 3. The lowest BCUT2D eigenvalue weighted by molar-refractivity contribution is -0.135. The minimum Gasteiger partial charge on any atom is -0.354 e. The Morgan fingerprint density at radius 1 is 1.14 bits per heavy atom. The first-order valence-electron chi connectivity index (χ1n) is 7.98. The van der Waals surface area contributed by atoms with Gasteiger partial charge in [-0.3, -0.25) is 9.59 Å². The molecular weight excluding hydrogens is 266 g/mol. The molecule has 1 unspecified atom stereocenters. The lowest BCUT2D eigenvalue weighted by atomic mass is 9.88. The van der Waals surface area contributed by atoms with Crippen LogP contribution >= 0.6 is 0 Å². The normalized spacial score (nSPS) is 12.6. The van der Waals surface area contributed by atoms with Crippen molar-refractivity contribution in [2.24, 2.45) is 23.5 Å². The van der Waals surface area contributed by atoms with E-state index in [1.807, 2.05) is 13.8 Å². The van der Waals surface area contributed by atoms with Gasteiger partial charge in [-0.1, -0.05) is 27.7 Å². The molecule has 0 rings (SSSR count). The summed E-state index contributed by atoms with van der Waals surface area (Å²) in [5, 5.41) is 2.82. The summed E-state index contributed by atoms with van der Waals surface area (Å²) in [6.45, 7) is 9.84. The van der Waals surface area contributed by atoms with Crippen molar-refractivity contribution in [3.8, 4) is 0 Å². The second-order valence-electron chi connectivity index (χ2n) is 6.57. The van der Waals surface area contributed by atoms with Crippen LogP contribution in [0.3, 0.4) is 0 Å². The van der Waals surface area contributed by atoms with Gasteiger partial charge in [-0.05, 0) is 37.1 Å². The van der Waals surface area contributed by atoms with E-state index in [0.717, 1.165) is 12.8 Å². The van der Waals surface area contributed by atoms with E-state index >= 15 is 0 Å². The molecule has 1 atom stereocenters. The van der Waals surface area contributed by atoms with Gasteiger partial charge in [-0.2, -0.15) is 0 Å². The van der Waals surface area contributed by atoms with Gasteiger partial charge in [0.05, 0.1) is 6.54 Å². The number of hydrogen-bond donors (Lipinski definition) is 2. The van der Waals surface area contributed by atoms with Crippen LogP contribution in [0.2, 0.25) is 0 Å². The first kappa shape index (κ1) is 19.9. The number of nitrogens with two attached hydrogens (primary N) is 1. The number of amides is 2. The standard InChI is InChI=1S/C16H33N3O2/c1-12(2)10-18-15(20)11-19(5)16(21)7-6-14(8-9-17)13(3)4/h12-14H,6-11,17H2,1-5H3,(H,18,20). The maximum Gasteiger partial charge on any atom is 0.239 e. The van der Waals surface area contributed by atoms with E-state index in [1.54, 1.807) is 7.05 Å². The molecule has 0 saturated heterocycles. The molecular formula is C16H33N3O2. The van der Waals surface area contributed by atoms with Gasteiger partial charge in [0.25, 0.3) is 0 Å². The van der Waals surface area contributed by atoms with E-state index in [-0.39, 0.29) is 18.4 Å². The Kier molecular flexibility index (Phi) is 10.0. The molecule has 0 aromatic carbocycles. The molecule has 0 aliphatic heterocycles. The Hall–Kier alpha value is -1.10. The molecule has 5 nitrogen and oxygen atoms in total. The lowest BCUT2D eigenvalue weighted by Gasteiger charge is -2.22. The molecule has 3 N–H and O–H groups in total. The van der Waals surface area contributed by atoms with Crippen LogP contribution in [0, 0.1) is 17.8 Å². The van der Waals surface area contributed by atoms with Gasteiger partial charge in [0.1, 0.15) is 0 Å². The Morgan fingerprint density at radius 3 is 2.24 bits per heavy atom. The maximum absolute atomic E-state index is 12.1. The lowest BCUT2D eigenvalue weighted by Crippen LogP contribution is -2.39. The van der Waals surface area contributed by atoms with Crippen molar-refractivity contribution >= 4 is 11.8 Å². The second-order valence-corrected chi connectivity index (χ2v) is 6.57. The zero-order valence-electron chi connectivity index (χ0n) is 14.3. The van der Waals surface area contributed by atoms with Crippen molar-refractivity contribution < 1.29 is 9.59 Å². The van der Waals surface area contributed by atoms with Crippen molar-refractivity contribution in [2.45, 2.75) is 47.0 Å². The number of likely N-dealkylation sites (N-methyl/N-ethyl adjacent to an activating group) is 1. The first-order valence-corrected chi connectivity index (χ1v) is 7.98. The fourth-order valence-electron chi connectivity index (χ4n) is 2.20. The van der Waals surface area contributed by atoms with Gasteiger partial charge >= 0.3 is 0 Å². The summed E-state index contributed by atoms with van der Waals surface area (Å²) >= 11 is 0. The van der Waals surface area contributed by atoms with Gasteiger partial charge in [0.15, 0.2) is 0 Å². The van der Waals surface area contributed by atoms with E-state index < -0.39 is 0 Å². The Labute approximate surface area is 129 Å². The molecule has 2 amide bonds. The topological polar surface area (TPSA) is 75.4 Å². The molecule has 5 heteroatoms. The van der Waals surface area contributed by atoms with Crippen LogP contribution in [-0.4, -0.2) is 43.4 Å². The van der Waals surface area contributed by atoms with Crippen molar-refractivity contribution in [2.75, 3.05) is 26.7 Å². The zero-order chi connectivity index (χ0) is 16.4. The number of nitrogens with one attached hydrogen (secondary N) is 1. The number of carbonyl (C=O) groups is 2. The smallest absolute Gasteiger partial charge is 0.239 e. The molecule has 0 fully saturated rings. The SMILES string of the molecule is CC(C)CNC(=O)CN(C)C(=O)CCC(CCN)C(C)C. The number of carbonyl (C=O) groups excluding carboxylic acids is 2. The highest BCUT2D eigenvalue weighted by Crippen LogP contribution is 2.20. The van der Waals surface area contributed by atoms with Crippen LogP contribution < -0.4 is 11.1 Å². The predicted octanol–water partition coefficient (Wildman–Crippen LogP) is 1.62. The van der Waals surface area contributed by atoms with Crippen molar-refractivity contribution in [3.05, 3.63) is 0 Å². The molecule has 0 heterocycles. The molecule has 0 bridgehead atoms. The third-order valence-electron chi connectivity index (χ3n) is 3.72. The largest absolute Gasteiger partial charge is 0.354 e. The molecule has 124 valence electrons. The molecule has 21 heavy (non-hydrogen) atoms. The molecule has 0 aliphatic carbocycles. The summed E-state index contributed by atoms with van der Waals surface area (Å²) in [6.07, 6.45) is 2.27. The Bertz CT molecular complexity index is 317. The average Bonchev–Trinajstić information content (AvgIpc) is 2.40. The summed E-state index contributed by atoms with van der Waals surface area (Å²) in [7, 11) is 1.69. The van der Waals surface area contributed by atoms with Gasteiger partial charge in [-0.25, -0.2) is 0 Å². The molecule has 0 aromatic heterocycles. The van der Waals surface area contributed by atoms with Gasteiger partial charge < -0.3 is 16.0 Å². The fraction of sp³-hybridized carbons (Fsp3) is 0.875. The Morgan fingerprint density at radius 2 is 1.76 bits per heavy atom. The minimum atomic E-state index is -0.0954. The highest BCUT2D eigenvalue weighted by atomic mass is 16.2. The zero-order valence-corrected chi connectivity index (χ0v) is 14.3. The van der Waals surface area contributed by atoms with Crippen molar-refractivity contribution in [3.63, 3.8) is 0 Å². The van der Waals surface area contributed by atoms with Crippen molar-refractivity contribution in [1.82, 2.24) is 10.2 Å². The molecule has 0 radical (unpaired) electrons. The maximum atomic E-state index is 12.1. The van der Waals surface area contributed by atoms with E-state index in [4.69, 9.17) is 5.73 Å². The summed E-state index contributed by atoms with van der Waals surface area (Å²) in [4.78, 5) is 25.3. The third-order valence-corrected chi connectivity index (χ3v) is 3.72. The highest BCUT2D eigenvalue weighted by Gasteiger charge is 2.17. The van der Waals surface area contributed by atoms with Crippen molar-refractivity contribution in [1.29, 1.82) is 0 Å². The third kappa shape index (κ3) is 9.45. The molecule has 0 saturated carbocycles. The van der Waals surface area contributed by atoms with E-state index in [9.17, 15) is 9.59 Å². The van der Waals surface area contributed by atoms with Crippen LogP contribution in [0.1, 0.15) is 47.0 Å². The summed E-state index contributed by atoms with van der Waals surface area (Å²) in [5.41, 5.74) is 5.61. The summed E-state index contributed by atoms with van der Waals surface area (Å²) < 4.78 is 0. The average molecular weight is 299 g/mol. The van der Waals surface area contributed by atoms with Crippen LogP contribution in [0.5, 0.6) is 0 Å². The van der Waals surface area contributed by atoms with Crippen LogP contribution in [0.4, 0.5) is 0 Å². The number of nitrogens with zero attached hydrogens (tertiary/aromatic N) is 1. The summed E-state index contributed by atoms with van der Waals surface area (Å²) in [6, 6.07) is 0. The predicted molar refractivity (Wildman–Crippen MR) is 86.7 cm³/mol. The molecule has 0 aliphatic rings. The second kappa shape index (κ2) is 10.6. The van der Waals surface area contributed by atoms with Gasteiger partial charge in [0.2, 0.25) is 11.8 Å². The summed E-state index contributed by atoms with van der Waals surface area (Å²) in [5.74, 6) is 1.35. The molecule has 0 spiro atoms. The minimum absolute atomic E-state index is 0.0253. The van der Waals surface area contributed by atoms with E-state index in [1.165, 1.54) is 4.90 Å². The van der Waals surface area contributed by atoms with Crippen LogP contribution in [-0.2, 0) is 9.59 Å². The van der Waals surface area contributed by atoms with Crippen LogP contribution in [0.15, 0.2) is 0 Å². The number of rotatable bonds is 10. The van der Waals surface area contributed by atoms with Gasteiger partial charge in [-0.15, -0.1) is 0 Å². The first-order chi connectivity index (χ1) is 9.77. The molecule has 0 aromatic rings. The van der Waals surface area contributed by atoms with E-state index in [2.05, 4.69) is 19.2 Å². The monoisotopic (exact) mass is 299 g/mol. The van der Waals surface area contributed by atoms with E-state index in [0.29, 0.717) is 37.3 Å². The fourth-order valence-corrected chi connectivity index (χ4v) is 2.20.